The van der Waals surface area contributed by atoms with Crippen LogP contribution in [-0.4, -0.2) is 23.9 Å². The number of nitrogens with zero attached hydrogens (tertiary/aromatic N) is 1. The lowest BCUT2D eigenvalue weighted by Gasteiger charge is -2.17. The van der Waals surface area contributed by atoms with E-state index >= 15 is 0 Å². The Bertz CT molecular complexity index is 521. The standard InChI is InChI=1S/C11H9BrF5NO3/c1-2-20-10(19)5-4-18-6(3-12)7(9(13)14)8(5)21-11(15,16)17/h4,9H,2-3H2,1H3. The van der Waals surface area contributed by atoms with Crippen LogP contribution >= 0.6 is 15.9 Å². The second-order valence-electron chi connectivity index (χ2n) is 3.56. The lowest BCUT2D eigenvalue weighted by Crippen LogP contribution is -2.22. The number of esters is 1. The number of hydrogen-bond acceptors (Lipinski definition) is 4. The van der Waals surface area contributed by atoms with Crippen molar-refractivity contribution in [2.45, 2.75) is 25.0 Å². The highest BCUT2D eigenvalue weighted by molar-refractivity contribution is 9.08. The van der Waals surface area contributed by atoms with Crippen LogP contribution < -0.4 is 4.74 Å². The Balaban J connectivity index is 3.50. The molecule has 0 atom stereocenters. The molecular formula is C11H9BrF5NO3. The Hall–Kier alpha value is -1.45. The second kappa shape index (κ2) is 7.01. The normalized spacial score (nSPS) is 11.6. The van der Waals surface area contributed by atoms with E-state index in [1.165, 1.54) is 6.92 Å². The smallest absolute Gasteiger partial charge is 0.462 e. The molecule has 0 spiro atoms. The van der Waals surface area contributed by atoms with Crippen LogP contribution in [0.5, 0.6) is 5.75 Å². The molecule has 1 aromatic heterocycles. The topological polar surface area (TPSA) is 48.4 Å². The molecule has 0 aliphatic carbocycles. The highest BCUT2D eigenvalue weighted by Gasteiger charge is 2.37. The Morgan fingerprint density at radius 3 is 2.48 bits per heavy atom. The predicted molar refractivity (Wildman–Crippen MR) is 64.5 cm³/mol. The summed E-state index contributed by atoms with van der Waals surface area (Å²) in [7, 11) is 0. The fourth-order valence-electron chi connectivity index (χ4n) is 1.46. The van der Waals surface area contributed by atoms with Crippen molar-refractivity contribution in [1.29, 1.82) is 0 Å². The van der Waals surface area contributed by atoms with E-state index in [0.717, 1.165) is 0 Å². The lowest BCUT2D eigenvalue weighted by molar-refractivity contribution is -0.275. The Morgan fingerprint density at radius 1 is 1.43 bits per heavy atom. The van der Waals surface area contributed by atoms with Crippen molar-refractivity contribution >= 4 is 21.9 Å². The van der Waals surface area contributed by atoms with Gasteiger partial charge in [0.05, 0.1) is 17.9 Å². The van der Waals surface area contributed by atoms with Crippen LogP contribution in [0.25, 0.3) is 0 Å². The third-order valence-corrected chi connectivity index (χ3v) is 2.74. The minimum Gasteiger partial charge on any atom is -0.462 e. The summed E-state index contributed by atoms with van der Waals surface area (Å²) in [6.07, 6.45) is -7.84. The maximum atomic E-state index is 13.0. The summed E-state index contributed by atoms with van der Waals surface area (Å²) >= 11 is 2.83. The van der Waals surface area contributed by atoms with Crippen LogP contribution in [0.3, 0.4) is 0 Å². The van der Waals surface area contributed by atoms with Crippen molar-refractivity contribution in [1.82, 2.24) is 4.98 Å². The summed E-state index contributed by atoms with van der Waals surface area (Å²) in [6.45, 7) is 1.27. The lowest BCUT2D eigenvalue weighted by atomic mass is 10.1. The van der Waals surface area contributed by atoms with Gasteiger partial charge in [0.1, 0.15) is 5.56 Å². The molecule has 0 amide bonds. The highest BCUT2D eigenvalue weighted by atomic mass is 79.9. The summed E-state index contributed by atoms with van der Waals surface area (Å²) in [5.74, 6) is -2.52. The summed E-state index contributed by atoms with van der Waals surface area (Å²) in [5, 5.41) is -0.232. The molecule has 21 heavy (non-hydrogen) atoms. The summed E-state index contributed by atoms with van der Waals surface area (Å²) in [4.78, 5) is 15.1. The van der Waals surface area contributed by atoms with Gasteiger partial charge in [-0.3, -0.25) is 4.98 Å². The van der Waals surface area contributed by atoms with E-state index < -0.39 is 35.6 Å². The fraction of sp³-hybridized carbons (Fsp3) is 0.455. The molecule has 0 bridgehead atoms. The van der Waals surface area contributed by atoms with Gasteiger partial charge < -0.3 is 9.47 Å². The van der Waals surface area contributed by atoms with Crippen molar-refractivity contribution in [3.05, 3.63) is 23.0 Å². The molecule has 0 N–H and O–H groups in total. The molecule has 0 aliphatic heterocycles. The fourth-order valence-corrected chi connectivity index (χ4v) is 1.91. The van der Waals surface area contributed by atoms with Crippen LogP contribution in [0.1, 0.15) is 35.0 Å². The maximum absolute atomic E-state index is 13.0. The first-order valence-electron chi connectivity index (χ1n) is 5.50. The van der Waals surface area contributed by atoms with Gasteiger partial charge in [-0.25, -0.2) is 13.6 Å². The third kappa shape index (κ3) is 4.51. The first kappa shape index (κ1) is 17.6. The number of hydrogen-bond donors (Lipinski definition) is 0. The average Bonchev–Trinajstić information content (AvgIpc) is 2.35. The quantitative estimate of drug-likeness (QED) is 0.442. The summed E-state index contributed by atoms with van der Waals surface area (Å²) in [5.41, 5.74) is -2.28. The summed E-state index contributed by atoms with van der Waals surface area (Å²) in [6, 6.07) is 0. The molecule has 0 radical (unpaired) electrons. The molecule has 0 aliphatic rings. The van der Waals surface area contributed by atoms with Crippen LogP contribution in [0.4, 0.5) is 22.0 Å². The van der Waals surface area contributed by atoms with Crippen molar-refractivity contribution in [3.63, 3.8) is 0 Å². The first-order chi connectivity index (χ1) is 9.71. The predicted octanol–water partition coefficient (Wildman–Crippen LogP) is 3.99. The van der Waals surface area contributed by atoms with E-state index in [0.29, 0.717) is 6.20 Å². The second-order valence-corrected chi connectivity index (χ2v) is 4.12. The molecule has 0 saturated carbocycles. The van der Waals surface area contributed by atoms with E-state index in [-0.39, 0.29) is 17.6 Å². The zero-order chi connectivity index (χ0) is 16.2. The van der Waals surface area contributed by atoms with Crippen molar-refractivity contribution < 1.29 is 36.2 Å². The van der Waals surface area contributed by atoms with Crippen molar-refractivity contribution in [2.75, 3.05) is 6.61 Å². The molecule has 1 aromatic rings. The monoisotopic (exact) mass is 377 g/mol. The molecule has 1 rings (SSSR count). The third-order valence-electron chi connectivity index (χ3n) is 2.21. The number of carbonyl (C=O) groups excluding carboxylic acids is 1. The number of carbonyl (C=O) groups is 1. The Labute approximate surface area is 124 Å². The molecule has 118 valence electrons. The zero-order valence-corrected chi connectivity index (χ0v) is 12.1. The van der Waals surface area contributed by atoms with Gasteiger partial charge in [0.25, 0.3) is 6.43 Å². The van der Waals surface area contributed by atoms with Gasteiger partial charge in [-0.1, -0.05) is 15.9 Å². The molecule has 1 heterocycles. The number of alkyl halides is 6. The SMILES string of the molecule is CCOC(=O)c1cnc(CBr)c(C(F)F)c1OC(F)(F)F. The number of ether oxygens (including phenoxy) is 2. The number of rotatable bonds is 5. The summed E-state index contributed by atoms with van der Waals surface area (Å²) < 4.78 is 71.3. The van der Waals surface area contributed by atoms with Gasteiger partial charge in [0, 0.05) is 11.5 Å². The average molecular weight is 378 g/mol. The van der Waals surface area contributed by atoms with Gasteiger partial charge >= 0.3 is 12.3 Å². The molecule has 0 aromatic carbocycles. The van der Waals surface area contributed by atoms with E-state index in [9.17, 15) is 26.7 Å². The zero-order valence-electron chi connectivity index (χ0n) is 10.5. The molecule has 0 unspecified atom stereocenters. The Kier molecular flexibility index (Phi) is 5.87. The van der Waals surface area contributed by atoms with E-state index in [4.69, 9.17) is 0 Å². The van der Waals surface area contributed by atoms with Crippen LogP contribution in [-0.2, 0) is 10.1 Å². The van der Waals surface area contributed by atoms with Gasteiger partial charge in [0.2, 0.25) is 0 Å². The molecular weight excluding hydrogens is 369 g/mol. The van der Waals surface area contributed by atoms with Crippen molar-refractivity contribution in [3.8, 4) is 5.75 Å². The van der Waals surface area contributed by atoms with Crippen molar-refractivity contribution in [2.24, 2.45) is 0 Å². The first-order valence-corrected chi connectivity index (χ1v) is 6.62. The van der Waals surface area contributed by atoms with Crippen LogP contribution in [0.15, 0.2) is 6.20 Å². The Morgan fingerprint density at radius 2 is 2.05 bits per heavy atom. The van der Waals surface area contributed by atoms with E-state index in [2.05, 4.69) is 30.4 Å². The van der Waals surface area contributed by atoms with Crippen LogP contribution in [0, 0.1) is 0 Å². The van der Waals surface area contributed by atoms with Gasteiger partial charge in [-0.15, -0.1) is 13.2 Å². The van der Waals surface area contributed by atoms with Gasteiger partial charge in [-0.2, -0.15) is 0 Å². The number of pyridine rings is 1. The van der Waals surface area contributed by atoms with E-state index in [1.807, 2.05) is 0 Å². The molecule has 10 heteroatoms. The molecule has 0 fully saturated rings. The molecule has 4 nitrogen and oxygen atoms in total. The van der Waals surface area contributed by atoms with Gasteiger partial charge in [-0.05, 0) is 6.92 Å². The maximum Gasteiger partial charge on any atom is 0.573 e. The molecule has 0 saturated heterocycles. The number of aromatic nitrogens is 1. The van der Waals surface area contributed by atoms with Crippen LogP contribution in [0.2, 0.25) is 0 Å². The largest absolute Gasteiger partial charge is 0.573 e. The number of halogens is 6. The highest BCUT2D eigenvalue weighted by Crippen LogP contribution is 2.38. The minimum atomic E-state index is -5.24. The minimum absolute atomic E-state index is 0.144. The van der Waals surface area contributed by atoms with E-state index in [1.54, 1.807) is 0 Å². The van der Waals surface area contributed by atoms with Gasteiger partial charge in [0.15, 0.2) is 5.75 Å².